The second-order valence-electron chi connectivity index (χ2n) is 7.31. The van der Waals surface area contributed by atoms with E-state index in [1.807, 2.05) is 7.05 Å². The number of rotatable bonds is 1. The van der Waals surface area contributed by atoms with Gasteiger partial charge in [-0.3, -0.25) is 4.79 Å². The summed E-state index contributed by atoms with van der Waals surface area (Å²) in [7, 11) is 3.60. The molecule has 3 heterocycles. The first-order valence-corrected chi connectivity index (χ1v) is 9.44. The molecular formula is C18H19Cl2FN4O2. The maximum Gasteiger partial charge on any atom is 0.320 e. The molecule has 2 aliphatic rings. The Balaban J connectivity index is 1.57. The summed E-state index contributed by atoms with van der Waals surface area (Å²) < 4.78 is 13.7. The first-order chi connectivity index (χ1) is 12.7. The number of hydrogen-bond acceptors (Lipinski definition) is 2. The zero-order valence-electron chi connectivity index (χ0n) is 15.0. The smallest absolute Gasteiger partial charge is 0.320 e. The number of likely N-dealkylation sites (tertiary alicyclic amines) is 1. The molecule has 0 radical (unpaired) electrons. The van der Waals surface area contributed by atoms with E-state index < -0.39 is 5.82 Å². The lowest BCUT2D eigenvalue weighted by molar-refractivity contribution is 0.0555. The number of H-pyrrole nitrogens is 1. The Labute approximate surface area is 165 Å². The molecule has 2 saturated heterocycles. The Morgan fingerprint density at radius 2 is 1.85 bits per heavy atom. The predicted octanol–water partition coefficient (Wildman–Crippen LogP) is 3.59. The van der Waals surface area contributed by atoms with Gasteiger partial charge >= 0.3 is 6.03 Å². The molecule has 0 saturated carbocycles. The van der Waals surface area contributed by atoms with Gasteiger partial charge in [0.15, 0.2) is 0 Å². The van der Waals surface area contributed by atoms with Crippen LogP contribution in [0.3, 0.4) is 0 Å². The maximum atomic E-state index is 13.7. The standard InChI is InChI=1S/C18H19Cl2FN4O2/c1-23-9-18(24(2)17(23)27)5-7-25(8-6-18)16(26)15-14(20)12-11(22-15)4-3-10(21)13(12)19/h3-4,22H,5-9H2,1-2H3. The van der Waals surface area contributed by atoms with Gasteiger partial charge in [0.1, 0.15) is 11.5 Å². The molecule has 0 atom stereocenters. The number of hydrogen-bond donors (Lipinski definition) is 1. The number of likely N-dealkylation sites (N-methyl/N-ethyl adjacent to an activating group) is 2. The van der Waals surface area contributed by atoms with Crippen molar-refractivity contribution in [1.29, 1.82) is 0 Å². The number of carbonyl (C=O) groups is 2. The molecule has 3 amide bonds. The number of aromatic nitrogens is 1. The molecule has 1 spiro atoms. The fourth-order valence-corrected chi connectivity index (χ4v) is 4.82. The minimum absolute atomic E-state index is 0.00473. The van der Waals surface area contributed by atoms with Crippen molar-refractivity contribution in [3.63, 3.8) is 0 Å². The van der Waals surface area contributed by atoms with E-state index in [1.54, 1.807) is 21.7 Å². The summed E-state index contributed by atoms with van der Waals surface area (Å²) in [4.78, 5) is 33.3. The van der Waals surface area contributed by atoms with Crippen LogP contribution in [0.1, 0.15) is 23.3 Å². The first kappa shape index (κ1) is 18.4. The van der Waals surface area contributed by atoms with E-state index in [4.69, 9.17) is 23.2 Å². The Morgan fingerprint density at radius 1 is 1.19 bits per heavy atom. The highest BCUT2D eigenvalue weighted by atomic mass is 35.5. The van der Waals surface area contributed by atoms with Crippen LogP contribution in [0.4, 0.5) is 9.18 Å². The number of fused-ring (bicyclic) bond motifs is 1. The molecule has 0 bridgehead atoms. The SMILES string of the molecule is CN1CC2(CCN(C(=O)c3[nH]c4ccc(F)c(Cl)c4c3Cl)CC2)N(C)C1=O. The summed E-state index contributed by atoms with van der Waals surface area (Å²) in [6.07, 6.45) is 1.39. The van der Waals surface area contributed by atoms with Gasteiger partial charge in [-0.15, -0.1) is 0 Å². The zero-order chi connectivity index (χ0) is 19.5. The van der Waals surface area contributed by atoms with Gasteiger partial charge in [-0.05, 0) is 25.0 Å². The molecule has 144 valence electrons. The second kappa shape index (κ2) is 6.27. The molecule has 2 aliphatic heterocycles. The first-order valence-electron chi connectivity index (χ1n) is 8.68. The number of nitrogens with zero attached hydrogens (tertiary/aromatic N) is 3. The minimum Gasteiger partial charge on any atom is -0.349 e. The lowest BCUT2D eigenvalue weighted by Crippen LogP contribution is -2.54. The average Bonchev–Trinajstić information content (AvgIpc) is 3.09. The van der Waals surface area contributed by atoms with Crippen LogP contribution in [-0.2, 0) is 0 Å². The monoisotopic (exact) mass is 412 g/mol. The number of nitrogens with one attached hydrogen (secondary N) is 1. The van der Waals surface area contributed by atoms with Crippen molar-refractivity contribution < 1.29 is 14.0 Å². The van der Waals surface area contributed by atoms with Gasteiger partial charge in [0.2, 0.25) is 0 Å². The molecule has 2 fully saturated rings. The van der Waals surface area contributed by atoms with Gasteiger partial charge in [-0.25, -0.2) is 9.18 Å². The fraction of sp³-hybridized carbons (Fsp3) is 0.444. The van der Waals surface area contributed by atoms with Crippen LogP contribution in [0.15, 0.2) is 12.1 Å². The number of urea groups is 1. The molecule has 6 nitrogen and oxygen atoms in total. The van der Waals surface area contributed by atoms with Crippen LogP contribution in [0.2, 0.25) is 10.0 Å². The van der Waals surface area contributed by atoms with Crippen LogP contribution in [-0.4, -0.2) is 70.9 Å². The highest BCUT2D eigenvalue weighted by molar-refractivity contribution is 6.44. The number of aromatic amines is 1. The number of carbonyl (C=O) groups excluding carboxylic acids is 2. The molecular weight excluding hydrogens is 394 g/mol. The maximum absolute atomic E-state index is 13.7. The molecule has 9 heteroatoms. The van der Waals surface area contributed by atoms with E-state index in [2.05, 4.69) is 4.98 Å². The normalized spacial score (nSPS) is 19.6. The van der Waals surface area contributed by atoms with Crippen molar-refractivity contribution in [3.8, 4) is 0 Å². The highest BCUT2D eigenvalue weighted by Gasteiger charge is 2.48. The Bertz CT molecular complexity index is 952. The lowest BCUT2D eigenvalue weighted by atomic mass is 9.87. The van der Waals surface area contributed by atoms with Crippen molar-refractivity contribution in [2.75, 3.05) is 33.7 Å². The van der Waals surface area contributed by atoms with Crippen molar-refractivity contribution >= 4 is 46.0 Å². The zero-order valence-corrected chi connectivity index (χ0v) is 16.5. The van der Waals surface area contributed by atoms with Crippen LogP contribution in [0, 0.1) is 5.82 Å². The van der Waals surface area contributed by atoms with Gasteiger partial charge in [0.05, 0.1) is 15.6 Å². The van der Waals surface area contributed by atoms with Crippen LogP contribution in [0.25, 0.3) is 10.9 Å². The molecule has 4 rings (SSSR count). The number of amides is 3. The summed E-state index contributed by atoms with van der Waals surface area (Å²) in [5.74, 6) is -0.829. The summed E-state index contributed by atoms with van der Waals surface area (Å²) >= 11 is 12.4. The lowest BCUT2D eigenvalue weighted by Gasteiger charge is -2.42. The number of halogens is 3. The second-order valence-corrected chi connectivity index (χ2v) is 8.07. The quantitative estimate of drug-likeness (QED) is 0.777. The minimum atomic E-state index is -0.581. The highest BCUT2D eigenvalue weighted by Crippen LogP contribution is 2.37. The van der Waals surface area contributed by atoms with Gasteiger partial charge in [0.25, 0.3) is 5.91 Å². The number of benzene rings is 1. The van der Waals surface area contributed by atoms with Gasteiger partial charge in [0, 0.05) is 44.6 Å². The van der Waals surface area contributed by atoms with Gasteiger partial charge in [-0.2, -0.15) is 0 Å². The largest absolute Gasteiger partial charge is 0.349 e. The molecule has 0 unspecified atom stereocenters. The third-order valence-corrected chi connectivity index (χ3v) is 6.59. The predicted molar refractivity (Wildman–Crippen MR) is 102 cm³/mol. The van der Waals surface area contributed by atoms with Crippen molar-refractivity contribution in [2.45, 2.75) is 18.4 Å². The summed E-state index contributed by atoms with van der Waals surface area (Å²) in [6.45, 7) is 1.68. The van der Waals surface area contributed by atoms with E-state index in [0.29, 0.717) is 43.4 Å². The Kier molecular flexibility index (Phi) is 4.27. The van der Waals surface area contributed by atoms with E-state index >= 15 is 0 Å². The van der Waals surface area contributed by atoms with Crippen LogP contribution >= 0.6 is 23.2 Å². The molecule has 27 heavy (non-hydrogen) atoms. The Morgan fingerprint density at radius 3 is 2.44 bits per heavy atom. The molecule has 2 aromatic rings. The Hall–Kier alpha value is -1.99. The van der Waals surface area contributed by atoms with E-state index in [0.717, 1.165) is 0 Å². The van der Waals surface area contributed by atoms with E-state index in [-0.39, 0.29) is 33.2 Å². The third-order valence-electron chi connectivity index (χ3n) is 5.85. The summed E-state index contributed by atoms with van der Waals surface area (Å²) in [5, 5.41) is 0.352. The molecule has 1 aromatic carbocycles. The van der Waals surface area contributed by atoms with Gasteiger partial charge in [-0.1, -0.05) is 23.2 Å². The average molecular weight is 413 g/mol. The van der Waals surface area contributed by atoms with Crippen molar-refractivity contribution in [3.05, 3.63) is 33.7 Å². The van der Waals surface area contributed by atoms with Crippen LogP contribution < -0.4 is 0 Å². The van der Waals surface area contributed by atoms with Crippen molar-refractivity contribution in [1.82, 2.24) is 19.7 Å². The number of piperidine rings is 1. The summed E-state index contributed by atoms with van der Waals surface area (Å²) in [6, 6.07) is 2.75. The molecule has 1 N–H and O–H groups in total. The van der Waals surface area contributed by atoms with E-state index in [9.17, 15) is 14.0 Å². The molecule has 0 aliphatic carbocycles. The topological polar surface area (TPSA) is 59.7 Å². The third kappa shape index (κ3) is 2.67. The summed E-state index contributed by atoms with van der Waals surface area (Å²) in [5.41, 5.74) is 0.494. The van der Waals surface area contributed by atoms with Crippen molar-refractivity contribution in [2.24, 2.45) is 0 Å². The fourth-order valence-electron chi connectivity index (χ4n) is 4.18. The molecule has 1 aromatic heterocycles. The van der Waals surface area contributed by atoms with Gasteiger partial charge < -0.3 is 19.7 Å². The van der Waals surface area contributed by atoms with E-state index in [1.165, 1.54) is 12.1 Å². The van der Waals surface area contributed by atoms with Crippen LogP contribution in [0.5, 0.6) is 0 Å².